The molecular weight excluding hydrogens is 639 g/mol. The predicted molar refractivity (Wildman–Crippen MR) is 185 cm³/mol. The van der Waals surface area contributed by atoms with Crippen molar-refractivity contribution in [1.82, 2.24) is 20.5 Å². The molecule has 0 saturated carbocycles. The molecule has 0 spiro atoms. The number of hydrogen-bond donors (Lipinski definition) is 2. The van der Waals surface area contributed by atoms with Gasteiger partial charge in [0, 0.05) is 47.8 Å². The summed E-state index contributed by atoms with van der Waals surface area (Å²) in [5, 5.41) is 5.22. The number of hydrogen-bond acceptors (Lipinski definition) is 7. The van der Waals surface area contributed by atoms with Crippen LogP contribution in [0.25, 0.3) is 11.3 Å². The number of carbonyl (C=O) groups excluding carboxylic acids is 3. The molecule has 4 amide bonds. The zero-order valence-corrected chi connectivity index (χ0v) is 28.6. The molecule has 3 heterocycles. The number of para-hydroxylation sites is 1. The Morgan fingerprint density at radius 1 is 0.900 bits per heavy atom. The average Bonchev–Trinajstić information content (AvgIpc) is 3.13. The Morgan fingerprint density at radius 2 is 1.62 bits per heavy atom. The van der Waals surface area contributed by atoms with Crippen molar-refractivity contribution in [2.45, 2.75) is 45.8 Å². The number of rotatable bonds is 9. The number of amides is 4. The highest BCUT2D eigenvalue weighted by atomic mass is 19.1. The molecule has 0 bridgehead atoms. The van der Waals surface area contributed by atoms with Gasteiger partial charge in [0.2, 0.25) is 11.8 Å². The number of aromatic nitrogens is 1. The number of pyridine rings is 1. The third-order valence-corrected chi connectivity index (χ3v) is 9.11. The highest BCUT2D eigenvalue weighted by Gasteiger charge is 2.45. The van der Waals surface area contributed by atoms with Gasteiger partial charge in [-0.1, -0.05) is 74.5 Å². The van der Waals surface area contributed by atoms with E-state index in [1.807, 2.05) is 50.2 Å². The number of carbonyl (C=O) groups is 3. The molecule has 10 nitrogen and oxygen atoms in total. The third-order valence-electron chi connectivity index (χ3n) is 9.11. The summed E-state index contributed by atoms with van der Waals surface area (Å²) < 4.78 is 32.6. The monoisotopic (exact) mass is 680 g/mol. The second kappa shape index (κ2) is 14.4. The van der Waals surface area contributed by atoms with Crippen molar-refractivity contribution in [2.24, 2.45) is 5.41 Å². The van der Waals surface area contributed by atoms with Crippen molar-refractivity contribution in [3.8, 4) is 22.9 Å². The molecule has 2 aliphatic heterocycles. The summed E-state index contributed by atoms with van der Waals surface area (Å²) in [5.41, 5.74) is 1.93. The Balaban J connectivity index is 1.19. The second-order valence-corrected chi connectivity index (χ2v) is 13.7. The number of halogens is 1. The minimum atomic E-state index is -1.25. The zero-order valence-electron chi connectivity index (χ0n) is 28.6. The number of fused-ring (bicyclic) bond motifs is 2. The molecule has 50 heavy (non-hydrogen) atoms. The van der Waals surface area contributed by atoms with Crippen LogP contribution in [0.15, 0.2) is 84.9 Å². The lowest BCUT2D eigenvalue weighted by molar-refractivity contribution is -0.129. The summed E-state index contributed by atoms with van der Waals surface area (Å²) in [6.07, 6.45) is 0. The summed E-state index contributed by atoms with van der Waals surface area (Å²) in [6.45, 7) is 9.77. The summed E-state index contributed by atoms with van der Waals surface area (Å²) in [5.74, 6) is -1.79. The molecule has 4 aromatic rings. The van der Waals surface area contributed by atoms with Crippen LogP contribution in [0, 0.1) is 11.2 Å². The number of ether oxygens (including phenoxy) is 3. The minimum absolute atomic E-state index is 0.0243. The van der Waals surface area contributed by atoms with E-state index in [9.17, 15) is 14.4 Å². The van der Waals surface area contributed by atoms with Crippen LogP contribution in [0.3, 0.4) is 0 Å². The molecule has 1 unspecified atom stereocenters. The second-order valence-electron chi connectivity index (χ2n) is 13.7. The lowest BCUT2D eigenvalue weighted by Gasteiger charge is -2.37. The molecule has 6 rings (SSSR count). The van der Waals surface area contributed by atoms with Gasteiger partial charge in [-0.05, 0) is 43.7 Å². The molecule has 0 radical (unpaired) electrons. The molecule has 3 aromatic carbocycles. The molecule has 260 valence electrons. The number of nitrogens with zero attached hydrogens (tertiary/aromatic N) is 2. The highest BCUT2D eigenvalue weighted by Crippen LogP contribution is 2.52. The van der Waals surface area contributed by atoms with E-state index in [1.165, 1.54) is 6.07 Å². The van der Waals surface area contributed by atoms with Gasteiger partial charge < -0.3 is 24.4 Å². The van der Waals surface area contributed by atoms with Gasteiger partial charge >= 0.3 is 6.03 Å². The summed E-state index contributed by atoms with van der Waals surface area (Å²) >= 11 is 0. The van der Waals surface area contributed by atoms with Crippen molar-refractivity contribution in [3.63, 3.8) is 0 Å². The molecule has 1 aromatic heterocycles. The van der Waals surface area contributed by atoms with E-state index in [-0.39, 0.29) is 24.1 Å². The van der Waals surface area contributed by atoms with Gasteiger partial charge in [0.25, 0.3) is 5.91 Å². The smallest absolute Gasteiger partial charge is 0.321 e. The summed E-state index contributed by atoms with van der Waals surface area (Å²) in [6, 6.07) is 24.3. The number of nitrogens with one attached hydrogen (secondary N) is 2. The molecule has 2 aliphatic rings. The van der Waals surface area contributed by atoms with Crippen LogP contribution < -0.4 is 15.4 Å². The standard InChI is InChI=1S/C39H41FN4O6/c1-38(2,49-23-25-9-6-5-7-10-25)24-41-37(47)43-36(46)39(3,4)32-28-11-8-12-30(40)33(28)50-34-29(32)17-18-31(42-34)26-13-15-27(16-14-26)35(45)44-19-21-48-22-20-44/h5-18,32H,19-24H2,1-4H3,(H2,41,43,46,47). The molecular formula is C39H41FN4O6. The van der Waals surface area contributed by atoms with Crippen LogP contribution in [-0.4, -0.2) is 66.2 Å². The Kier molecular flexibility index (Phi) is 9.99. The van der Waals surface area contributed by atoms with Gasteiger partial charge in [-0.15, -0.1) is 0 Å². The molecule has 2 N–H and O–H groups in total. The lowest BCUT2D eigenvalue weighted by atomic mass is 9.69. The predicted octanol–water partition coefficient (Wildman–Crippen LogP) is 6.45. The van der Waals surface area contributed by atoms with E-state index in [0.29, 0.717) is 55.3 Å². The first-order chi connectivity index (χ1) is 23.9. The Hall–Kier alpha value is -5.13. The average molecular weight is 681 g/mol. The van der Waals surface area contributed by atoms with Crippen molar-refractivity contribution in [1.29, 1.82) is 0 Å². The maximum Gasteiger partial charge on any atom is 0.321 e. The van der Waals surface area contributed by atoms with E-state index in [0.717, 1.165) is 11.1 Å². The molecule has 1 saturated heterocycles. The maximum absolute atomic E-state index is 15.2. The van der Waals surface area contributed by atoms with Crippen LogP contribution in [0.2, 0.25) is 0 Å². The first-order valence-electron chi connectivity index (χ1n) is 16.6. The van der Waals surface area contributed by atoms with E-state index in [1.54, 1.807) is 61.2 Å². The van der Waals surface area contributed by atoms with Crippen LogP contribution in [0.5, 0.6) is 11.6 Å². The van der Waals surface area contributed by atoms with Gasteiger partial charge in [0.05, 0.1) is 36.5 Å². The van der Waals surface area contributed by atoms with Crippen molar-refractivity contribution >= 4 is 17.8 Å². The van der Waals surface area contributed by atoms with E-state index in [4.69, 9.17) is 19.2 Å². The SMILES string of the molecule is CC(C)(CNC(=O)NC(=O)C(C)(C)C1c2ccc(-c3ccc(C(=O)N4CCOCC4)cc3)nc2Oc2c(F)cccc21)OCc1ccccc1. The fraction of sp³-hybridized carbons (Fsp3) is 0.333. The quantitative estimate of drug-likeness (QED) is 0.209. The molecule has 1 fully saturated rings. The number of benzene rings is 3. The van der Waals surface area contributed by atoms with Crippen molar-refractivity contribution in [2.75, 3.05) is 32.8 Å². The minimum Gasteiger partial charge on any atom is -0.435 e. The summed E-state index contributed by atoms with van der Waals surface area (Å²) in [4.78, 5) is 46.2. The zero-order chi connectivity index (χ0) is 35.5. The molecule has 0 aliphatic carbocycles. The highest BCUT2D eigenvalue weighted by molar-refractivity contribution is 5.98. The first-order valence-corrected chi connectivity index (χ1v) is 16.6. The van der Waals surface area contributed by atoms with Crippen LogP contribution >= 0.6 is 0 Å². The van der Waals surface area contributed by atoms with Gasteiger partial charge in [0.1, 0.15) is 0 Å². The van der Waals surface area contributed by atoms with Gasteiger partial charge in [-0.25, -0.2) is 14.2 Å². The van der Waals surface area contributed by atoms with Crippen molar-refractivity contribution < 1.29 is 33.0 Å². The fourth-order valence-electron chi connectivity index (χ4n) is 6.18. The van der Waals surface area contributed by atoms with E-state index in [2.05, 4.69) is 10.6 Å². The molecule has 11 heteroatoms. The third kappa shape index (κ3) is 7.54. The Bertz CT molecular complexity index is 1870. The Morgan fingerprint density at radius 3 is 2.34 bits per heavy atom. The van der Waals surface area contributed by atoms with E-state index < -0.39 is 34.7 Å². The lowest BCUT2D eigenvalue weighted by Crippen LogP contribution is -2.50. The molecule has 1 atom stereocenters. The van der Waals surface area contributed by atoms with Crippen molar-refractivity contribution in [3.05, 3.63) is 113 Å². The fourth-order valence-corrected chi connectivity index (χ4v) is 6.18. The first kappa shape index (κ1) is 34.7. The van der Waals surface area contributed by atoms with Gasteiger partial charge in [0.15, 0.2) is 11.6 Å². The number of urea groups is 1. The summed E-state index contributed by atoms with van der Waals surface area (Å²) in [7, 11) is 0. The van der Waals surface area contributed by atoms with Gasteiger partial charge in [-0.3, -0.25) is 14.9 Å². The van der Waals surface area contributed by atoms with Crippen LogP contribution in [-0.2, 0) is 20.9 Å². The Labute approximate surface area is 291 Å². The largest absolute Gasteiger partial charge is 0.435 e. The van der Waals surface area contributed by atoms with Crippen LogP contribution in [0.4, 0.5) is 9.18 Å². The maximum atomic E-state index is 15.2. The topological polar surface area (TPSA) is 119 Å². The number of imide groups is 1. The van der Waals surface area contributed by atoms with E-state index >= 15 is 4.39 Å². The normalized spacial score (nSPS) is 15.7. The van der Waals surface area contributed by atoms with Crippen LogP contribution in [0.1, 0.15) is 60.7 Å². The van der Waals surface area contributed by atoms with Gasteiger partial charge in [-0.2, -0.15) is 0 Å². The number of morpholine rings is 1.